The van der Waals surface area contributed by atoms with Crippen molar-refractivity contribution in [3.8, 4) is 11.5 Å². The fourth-order valence-electron chi connectivity index (χ4n) is 5.41. The zero-order valence-electron chi connectivity index (χ0n) is 26.9. The minimum atomic E-state index is -3.80. The number of carbonyl (C=O) groups is 3. The molecule has 2 aromatic heterocycles. The molecule has 1 saturated carbocycles. The second-order valence-corrected chi connectivity index (χ2v) is 15.7. The maximum absolute atomic E-state index is 13.4. The number of hydrogen-bond acceptors (Lipinski definition) is 10. The molecule has 0 saturated heterocycles. The van der Waals surface area contributed by atoms with E-state index in [-0.39, 0.29) is 80.6 Å². The average Bonchev–Trinajstić information content (AvgIpc) is 3.70. The molecule has 4 aromatic rings. The maximum atomic E-state index is 13.4. The van der Waals surface area contributed by atoms with E-state index in [1.807, 2.05) is 17.5 Å². The van der Waals surface area contributed by atoms with Gasteiger partial charge in [0.15, 0.2) is 23.9 Å². The van der Waals surface area contributed by atoms with Crippen molar-refractivity contribution in [2.75, 3.05) is 23.6 Å². The van der Waals surface area contributed by atoms with E-state index in [0.717, 1.165) is 30.1 Å². The molecule has 3 heterocycles. The molecule has 2 aromatic carbocycles. The third-order valence-corrected chi connectivity index (χ3v) is 11.1. The molecule has 0 unspecified atom stereocenters. The summed E-state index contributed by atoms with van der Waals surface area (Å²) in [6, 6.07) is 11.4. The van der Waals surface area contributed by atoms with Crippen molar-refractivity contribution in [2.24, 2.45) is 5.92 Å². The van der Waals surface area contributed by atoms with Gasteiger partial charge in [-0.15, -0.1) is 11.3 Å². The molecule has 6 rings (SSSR count). The Bertz CT molecular complexity index is 2090. The lowest BCUT2D eigenvalue weighted by Gasteiger charge is -2.22. The smallest absolute Gasteiger partial charge is 0.387 e. The van der Waals surface area contributed by atoms with Gasteiger partial charge in [-0.2, -0.15) is 13.5 Å². The Labute approximate surface area is 310 Å². The molecule has 1 aliphatic carbocycles. The van der Waals surface area contributed by atoms with Crippen LogP contribution in [0.1, 0.15) is 55.7 Å². The first-order valence-corrected chi connectivity index (χ1v) is 19.1. The summed E-state index contributed by atoms with van der Waals surface area (Å²) in [5.41, 5.74) is 0.355. The summed E-state index contributed by atoms with van der Waals surface area (Å²) in [7, 11) is -3.80. The topological polar surface area (TPSA) is 155 Å². The fraction of sp³-hybridized carbons (Fsp3) is 0.294. The van der Waals surface area contributed by atoms with E-state index in [4.69, 9.17) is 32.7 Å². The largest absolute Gasteiger partial charge is 0.619 e. The molecule has 2 amide bonds. The molecular formula is C34H29Cl2F2N3O9S2. The van der Waals surface area contributed by atoms with Crippen LogP contribution in [0.5, 0.6) is 11.5 Å². The number of amides is 2. The van der Waals surface area contributed by atoms with Crippen LogP contribution in [0.15, 0.2) is 66.3 Å². The van der Waals surface area contributed by atoms with Crippen LogP contribution >= 0.6 is 34.5 Å². The van der Waals surface area contributed by atoms with Crippen molar-refractivity contribution in [1.29, 1.82) is 0 Å². The van der Waals surface area contributed by atoms with Crippen molar-refractivity contribution >= 4 is 68.0 Å². The van der Waals surface area contributed by atoms with Gasteiger partial charge >= 0.3 is 12.6 Å². The number of esters is 1. The highest BCUT2D eigenvalue weighted by Gasteiger charge is 2.38. The van der Waals surface area contributed by atoms with Crippen LogP contribution in [0.2, 0.25) is 10.0 Å². The summed E-state index contributed by atoms with van der Waals surface area (Å²) in [5, 5.41) is 13.6. The summed E-state index contributed by atoms with van der Waals surface area (Å²) in [6.07, 6.45) is 2.76. The monoisotopic (exact) mass is 795 g/mol. The van der Waals surface area contributed by atoms with Crippen molar-refractivity contribution in [1.82, 2.24) is 4.90 Å². The molecule has 18 heteroatoms. The molecule has 1 fully saturated rings. The van der Waals surface area contributed by atoms with E-state index >= 15 is 0 Å². The molecule has 274 valence electrons. The van der Waals surface area contributed by atoms with Crippen LogP contribution in [-0.4, -0.2) is 56.6 Å². The Morgan fingerprint density at radius 1 is 1.04 bits per heavy atom. The number of aryl methyl sites for hydroxylation is 1. The lowest BCUT2D eigenvalue weighted by molar-refractivity contribution is -0.605. The van der Waals surface area contributed by atoms with Gasteiger partial charge in [0.2, 0.25) is 10.0 Å². The van der Waals surface area contributed by atoms with Gasteiger partial charge in [-0.3, -0.25) is 24.0 Å². The summed E-state index contributed by atoms with van der Waals surface area (Å²) in [5.74, 6) is -2.93. The number of rotatable bonds is 16. The number of hydrogen-bond donors (Lipinski definition) is 1. The first kappa shape index (κ1) is 37.3. The van der Waals surface area contributed by atoms with Crippen LogP contribution in [0.4, 0.5) is 14.5 Å². The number of fused-ring (bicyclic) bond motifs is 1. The van der Waals surface area contributed by atoms with Crippen molar-refractivity contribution in [3.05, 3.63) is 109 Å². The Kier molecular flexibility index (Phi) is 11.2. The molecule has 0 radical (unpaired) electrons. The van der Waals surface area contributed by atoms with Crippen LogP contribution in [0, 0.1) is 11.1 Å². The summed E-state index contributed by atoms with van der Waals surface area (Å²) in [6.45, 7) is -3.74. The second-order valence-electron chi connectivity index (χ2n) is 12.0. The van der Waals surface area contributed by atoms with Gasteiger partial charge in [0.05, 0.1) is 23.5 Å². The number of nitrogens with zero attached hydrogens (tertiary/aromatic N) is 2. The number of carbonyl (C=O) groups excluding carboxylic acids is 3. The highest BCUT2D eigenvalue weighted by molar-refractivity contribution is 7.92. The number of halogens is 4. The number of sulfonamides is 1. The minimum Gasteiger partial charge on any atom is -0.619 e. The quantitative estimate of drug-likeness (QED) is 0.0606. The van der Waals surface area contributed by atoms with E-state index in [2.05, 4.69) is 9.46 Å². The molecule has 0 spiro atoms. The Balaban J connectivity index is 1.21. The van der Waals surface area contributed by atoms with Gasteiger partial charge in [0, 0.05) is 22.5 Å². The van der Waals surface area contributed by atoms with E-state index in [1.165, 1.54) is 47.7 Å². The Morgan fingerprint density at radius 3 is 2.44 bits per heavy atom. The predicted molar refractivity (Wildman–Crippen MR) is 186 cm³/mol. The normalized spacial score (nSPS) is 14.8. The standard InChI is InChI=1S/C34H29Cl2F2N3O9S2/c35-26-15-40(45)16-27(36)25(26)14-29(20-5-8-28(50-34(37)38)30(12-20)48-18-19-3-4-19)49-31(42)17-41-32(43)23-7-6-21(13-24(23)33(41)44)39-52(46,47)11-9-22-2-1-10-51-22/h1-2,5-8,10,12-13,15-16,19,29,34,39H,3-4,9,11,14,17-18H2/t29-/m0/s1. The number of ether oxygens (including phenoxy) is 3. The second kappa shape index (κ2) is 15.6. The lowest BCUT2D eigenvalue weighted by atomic mass is 10.0. The van der Waals surface area contributed by atoms with Gasteiger partial charge in [-0.05, 0) is 72.5 Å². The number of anilines is 1. The average molecular weight is 797 g/mol. The Hall–Kier alpha value is -4.51. The molecule has 2 aliphatic rings. The van der Waals surface area contributed by atoms with Crippen molar-refractivity contribution < 1.29 is 50.5 Å². The number of nitrogens with one attached hydrogen (secondary N) is 1. The molecule has 1 aliphatic heterocycles. The van der Waals surface area contributed by atoms with E-state index < -0.39 is 47.1 Å². The predicted octanol–water partition coefficient (Wildman–Crippen LogP) is 6.19. The zero-order valence-corrected chi connectivity index (χ0v) is 30.1. The lowest BCUT2D eigenvalue weighted by Crippen LogP contribution is -2.36. The number of benzene rings is 2. The van der Waals surface area contributed by atoms with Crippen LogP contribution < -0.4 is 18.9 Å². The van der Waals surface area contributed by atoms with Crippen LogP contribution in [-0.2, 0) is 32.4 Å². The molecule has 0 bridgehead atoms. The zero-order chi connectivity index (χ0) is 37.2. The SMILES string of the molecule is O=C(CN1C(=O)c2ccc(NS(=O)(=O)CCc3cccs3)cc2C1=O)O[C@@H](Cc1c(Cl)c[n+]([O-])cc1Cl)c1ccc(OC(F)F)c(OCC2CC2)c1. The van der Waals surface area contributed by atoms with Gasteiger partial charge < -0.3 is 19.4 Å². The molecular weight excluding hydrogens is 767 g/mol. The first-order chi connectivity index (χ1) is 24.8. The first-order valence-electron chi connectivity index (χ1n) is 15.8. The van der Waals surface area contributed by atoms with E-state index in [0.29, 0.717) is 9.63 Å². The number of aromatic nitrogens is 1. The highest BCUT2D eigenvalue weighted by atomic mass is 35.5. The van der Waals surface area contributed by atoms with Crippen LogP contribution in [0.3, 0.4) is 0 Å². The van der Waals surface area contributed by atoms with Crippen molar-refractivity contribution in [3.63, 3.8) is 0 Å². The van der Waals surface area contributed by atoms with Gasteiger partial charge in [0.25, 0.3) is 11.8 Å². The third-order valence-electron chi connectivity index (χ3n) is 8.18. The van der Waals surface area contributed by atoms with E-state index in [1.54, 1.807) is 0 Å². The Morgan fingerprint density at radius 2 is 1.77 bits per heavy atom. The van der Waals surface area contributed by atoms with Crippen molar-refractivity contribution in [2.45, 2.75) is 38.4 Å². The highest BCUT2D eigenvalue weighted by Crippen LogP contribution is 2.38. The molecule has 1 N–H and O–H groups in total. The van der Waals surface area contributed by atoms with Crippen LogP contribution in [0.25, 0.3) is 0 Å². The fourth-order valence-corrected chi connectivity index (χ4v) is 7.92. The maximum Gasteiger partial charge on any atom is 0.387 e. The van der Waals surface area contributed by atoms with E-state index in [9.17, 15) is 36.8 Å². The summed E-state index contributed by atoms with van der Waals surface area (Å²) >= 11 is 14.1. The minimum absolute atomic E-state index is 0.0355. The molecule has 12 nitrogen and oxygen atoms in total. The van der Waals surface area contributed by atoms with Gasteiger partial charge in [0.1, 0.15) is 22.7 Å². The number of thiophene rings is 1. The number of pyridine rings is 1. The van der Waals surface area contributed by atoms with Gasteiger partial charge in [-0.25, -0.2) is 8.42 Å². The number of imide groups is 1. The summed E-state index contributed by atoms with van der Waals surface area (Å²) < 4.78 is 70.8. The van der Waals surface area contributed by atoms with Gasteiger partial charge in [-0.1, -0.05) is 35.3 Å². The molecule has 1 atom stereocenters. The summed E-state index contributed by atoms with van der Waals surface area (Å²) in [4.78, 5) is 41.6. The molecule has 52 heavy (non-hydrogen) atoms. The number of alkyl halides is 2. The third kappa shape index (κ3) is 9.10.